The number of methoxy groups -OCH3 is 1. The number of Topliss-reactive ketones (excluding diaryl/α,β-unsaturated/α-hetero) is 1. The molecule has 0 bridgehead atoms. The second-order valence-corrected chi connectivity index (χ2v) is 5.40. The topological polar surface area (TPSA) is 26.3 Å². The summed E-state index contributed by atoms with van der Waals surface area (Å²) in [6.07, 6.45) is 4.65. The Labute approximate surface area is 114 Å². The molecule has 1 aromatic carbocycles. The lowest BCUT2D eigenvalue weighted by atomic mass is 9.95. The van der Waals surface area contributed by atoms with Gasteiger partial charge in [-0.15, -0.1) is 0 Å². The van der Waals surface area contributed by atoms with Gasteiger partial charge in [0.15, 0.2) is 11.6 Å². The highest BCUT2D eigenvalue weighted by atomic mass is 19.1. The molecule has 1 aliphatic rings. The molecule has 2 nitrogen and oxygen atoms in total. The molecule has 2 unspecified atom stereocenters. The number of carbonyl (C=O) groups excluding carboxylic acids is 1. The van der Waals surface area contributed by atoms with Crippen molar-refractivity contribution in [1.29, 1.82) is 0 Å². The van der Waals surface area contributed by atoms with E-state index in [1.165, 1.54) is 13.2 Å². The molecule has 19 heavy (non-hydrogen) atoms. The van der Waals surface area contributed by atoms with E-state index in [-0.39, 0.29) is 17.5 Å². The minimum absolute atomic E-state index is 0.176. The smallest absolute Gasteiger partial charge is 0.165 e. The van der Waals surface area contributed by atoms with Gasteiger partial charge in [0.1, 0.15) is 5.78 Å². The minimum atomic E-state index is -0.398. The number of ketones is 1. The van der Waals surface area contributed by atoms with Crippen LogP contribution in [0.4, 0.5) is 4.39 Å². The molecule has 0 aliphatic heterocycles. The Hall–Kier alpha value is -1.38. The van der Waals surface area contributed by atoms with E-state index in [1.54, 1.807) is 12.1 Å². The summed E-state index contributed by atoms with van der Waals surface area (Å²) in [5.41, 5.74) is 0.739. The van der Waals surface area contributed by atoms with Gasteiger partial charge in [-0.2, -0.15) is 0 Å². The molecular weight excluding hydrogens is 243 g/mol. The summed E-state index contributed by atoms with van der Waals surface area (Å²) in [7, 11) is 1.44. The van der Waals surface area contributed by atoms with Crippen LogP contribution in [-0.2, 0) is 11.2 Å². The van der Waals surface area contributed by atoms with E-state index in [0.717, 1.165) is 31.2 Å². The van der Waals surface area contributed by atoms with Gasteiger partial charge >= 0.3 is 0 Å². The summed E-state index contributed by atoms with van der Waals surface area (Å²) in [6.45, 7) is 2.18. The Morgan fingerprint density at radius 1 is 1.42 bits per heavy atom. The molecule has 0 aromatic heterocycles. The second-order valence-electron chi connectivity index (χ2n) is 5.40. The van der Waals surface area contributed by atoms with E-state index in [1.807, 2.05) is 0 Å². The van der Waals surface area contributed by atoms with Crippen LogP contribution in [0.2, 0.25) is 0 Å². The van der Waals surface area contributed by atoms with Crippen LogP contribution in [0.25, 0.3) is 0 Å². The van der Waals surface area contributed by atoms with Crippen molar-refractivity contribution < 1.29 is 13.9 Å². The molecule has 0 amide bonds. The number of hydrogen-bond acceptors (Lipinski definition) is 2. The lowest BCUT2D eigenvalue weighted by Crippen LogP contribution is -2.14. The predicted molar refractivity (Wildman–Crippen MR) is 72.8 cm³/mol. The molecule has 0 spiro atoms. The van der Waals surface area contributed by atoms with Crippen LogP contribution in [-0.4, -0.2) is 12.9 Å². The second kappa shape index (κ2) is 6.18. The third-order valence-corrected chi connectivity index (χ3v) is 4.17. The first-order chi connectivity index (χ1) is 9.13. The van der Waals surface area contributed by atoms with Gasteiger partial charge in [-0.3, -0.25) is 4.79 Å². The first-order valence-electron chi connectivity index (χ1n) is 6.99. The molecule has 1 aliphatic carbocycles. The average Bonchev–Trinajstić information content (AvgIpc) is 2.88. The Morgan fingerprint density at radius 3 is 2.79 bits per heavy atom. The molecule has 2 rings (SSSR count). The number of halogens is 1. The van der Waals surface area contributed by atoms with Crippen LogP contribution in [0.3, 0.4) is 0 Å². The lowest BCUT2D eigenvalue weighted by molar-refractivity contribution is -0.122. The van der Waals surface area contributed by atoms with Crippen molar-refractivity contribution >= 4 is 5.78 Å². The number of rotatable bonds is 5. The Balaban J connectivity index is 1.97. The summed E-state index contributed by atoms with van der Waals surface area (Å²) >= 11 is 0. The molecule has 2 atom stereocenters. The quantitative estimate of drug-likeness (QED) is 0.809. The summed E-state index contributed by atoms with van der Waals surface area (Å²) in [5, 5.41) is 0. The monoisotopic (exact) mass is 264 g/mol. The Bertz CT molecular complexity index is 456. The molecule has 1 aromatic rings. The first kappa shape index (κ1) is 14.0. The van der Waals surface area contributed by atoms with E-state index in [9.17, 15) is 9.18 Å². The number of ether oxygens (including phenoxy) is 1. The van der Waals surface area contributed by atoms with Crippen LogP contribution in [0.5, 0.6) is 5.75 Å². The van der Waals surface area contributed by atoms with E-state index in [0.29, 0.717) is 12.3 Å². The lowest BCUT2D eigenvalue weighted by Gasteiger charge is -2.10. The number of hydrogen-bond donors (Lipinski definition) is 0. The van der Waals surface area contributed by atoms with Gasteiger partial charge in [0.25, 0.3) is 0 Å². The fourth-order valence-corrected chi connectivity index (χ4v) is 2.90. The fraction of sp³-hybridized carbons (Fsp3) is 0.562. The van der Waals surface area contributed by atoms with Crippen LogP contribution >= 0.6 is 0 Å². The van der Waals surface area contributed by atoms with Gasteiger partial charge in [-0.1, -0.05) is 19.4 Å². The van der Waals surface area contributed by atoms with Crippen molar-refractivity contribution in [2.75, 3.05) is 7.11 Å². The van der Waals surface area contributed by atoms with E-state index in [4.69, 9.17) is 4.74 Å². The van der Waals surface area contributed by atoms with Crippen molar-refractivity contribution in [2.24, 2.45) is 11.8 Å². The van der Waals surface area contributed by atoms with Gasteiger partial charge < -0.3 is 4.74 Å². The molecule has 104 valence electrons. The van der Waals surface area contributed by atoms with Gasteiger partial charge in [-0.25, -0.2) is 4.39 Å². The predicted octanol–water partition coefficient (Wildman–Crippen LogP) is 3.77. The zero-order valence-corrected chi connectivity index (χ0v) is 11.6. The highest BCUT2D eigenvalue weighted by molar-refractivity contribution is 5.83. The minimum Gasteiger partial charge on any atom is -0.494 e. The molecule has 1 fully saturated rings. The van der Waals surface area contributed by atoms with Crippen LogP contribution in [0, 0.1) is 17.7 Å². The molecule has 0 saturated heterocycles. The third-order valence-electron chi connectivity index (χ3n) is 4.17. The maximum Gasteiger partial charge on any atom is 0.165 e. The largest absolute Gasteiger partial charge is 0.494 e. The Morgan fingerprint density at radius 2 is 2.21 bits per heavy atom. The molecular formula is C16H21FO2. The Kier molecular flexibility index (Phi) is 4.56. The SMILES string of the molecule is CCC1CCC(C(=O)Cc2ccc(OC)c(F)c2)C1. The van der Waals surface area contributed by atoms with E-state index in [2.05, 4.69) is 6.92 Å². The van der Waals surface area contributed by atoms with Gasteiger partial charge in [0.2, 0.25) is 0 Å². The van der Waals surface area contributed by atoms with Crippen LogP contribution < -0.4 is 4.74 Å². The van der Waals surface area contributed by atoms with Crippen molar-refractivity contribution in [3.8, 4) is 5.75 Å². The maximum atomic E-state index is 13.6. The van der Waals surface area contributed by atoms with Crippen molar-refractivity contribution in [2.45, 2.75) is 39.0 Å². The molecule has 0 radical (unpaired) electrons. The zero-order chi connectivity index (χ0) is 13.8. The van der Waals surface area contributed by atoms with Gasteiger partial charge in [-0.05, 0) is 42.9 Å². The molecule has 0 N–H and O–H groups in total. The van der Waals surface area contributed by atoms with Crippen LogP contribution in [0.15, 0.2) is 18.2 Å². The van der Waals surface area contributed by atoms with E-state index >= 15 is 0 Å². The van der Waals surface area contributed by atoms with Crippen molar-refractivity contribution in [1.82, 2.24) is 0 Å². The molecule has 3 heteroatoms. The molecule has 1 saturated carbocycles. The first-order valence-corrected chi connectivity index (χ1v) is 6.99. The maximum absolute atomic E-state index is 13.6. The van der Waals surface area contributed by atoms with Crippen LogP contribution in [0.1, 0.15) is 38.2 Å². The third kappa shape index (κ3) is 3.34. The summed E-state index contributed by atoms with van der Waals surface area (Å²) in [6, 6.07) is 4.76. The number of carbonyl (C=O) groups is 1. The zero-order valence-electron chi connectivity index (χ0n) is 11.6. The normalized spacial score (nSPS) is 22.5. The highest BCUT2D eigenvalue weighted by Gasteiger charge is 2.28. The highest BCUT2D eigenvalue weighted by Crippen LogP contribution is 2.34. The summed E-state index contributed by atoms with van der Waals surface area (Å²) in [5.74, 6) is 0.950. The van der Waals surface area contributed by atoms with Crippen molar-refractivity contribution in [3.05, 3.63) is 29.6 Å². The summed E-state index contributed by atoms with van der Waals surface area (Å²) < 4.78 is 18.4. The fourth-order valence-electron chi connectivity index (χ4n) is 2.90. The number of benzene rings is 1. The van der Waals surface area contributed by atoms with Crippen molar-refractivity contribution in [3.63, 3.8) is 0 Å². The summed E-state index contributed by atoms with van der Waals surface area (Å²) in [4.78, 5) is 12.2. The van der Waals surface area contributed by atoms with Gasteiger partial charge in [0.05, 0.1) is 7.11 Å². The van der Waals surface area contributed by atoms with Gasteiger partial charge in [0, 0.05) is 12.3 Å². The molecule has 0 heterocycles. The standard InChI is InChI=1S/C16H21FO2/c1-3-11-4-6-13(8-11)15(18)10-12-5-7-16(19-2)14(17)9-12/h5,7,9,11,13H,3-4,6,8,10H2,1-2H3. The van der Waals surface area contributed by atoms with E-state index < -0.39 is 5.82 Å². The average molecular weight is 264 g/mol.